The second-order valence-electron chi connectivity index (χ2n) is 6.19. The number of likely N-dealkylation sites (tertiary alicyclic amines) is 1. The van der Waals surface area contributed by atoms with Crippen LogP contribution in [0.4, 0.5) is 5.69 Å². The zero-order valence-corrected chi connectivity index (χ0v) is 14.1. The Labute approximate surface area is 146 Å². The molecule has 1 unspecified atom stereocenters. The van der Waals surface area contributed by atoms with Crippen molar-refractivity contribution in [2.45, 2.75) is 32.4 Å². The van der Waals surface area contributed by atoms with Crippen molar-refractivity contribution in [3.8, 4) is 0 Å². The molecule has 1 saturated heterocycles. The first kappa shape index (κ1) is 16.9. The highest BCUT2D eigenvalue weighted by atomic mass is 16.2. The lowest BCUT2D eigenvalue weighted by molar-refractivity contribution is -0.133. The number of nitrogens with one attached hydrogen (secondary N) is 1. The minimum absolute atomic E-state index is 0.0125. The van der Waals surface area contributed by atoms with Crippen LogP contribution in [0.1, 0.15) is 35.7 Å². The fourth-order valence-electron chi connectivity index (χ4n) is 3.03. The molecule has 5 nitrogen and oxygen atoms in total. The first-order valence-corrected chi connectivity index (χ1v) is 8.30. The van der Waals surface area contributed by atoms with E-state index in [-0.39, 0.29) is 17.6 Å². The third-order valence-electron chi connectivity index (χ3n) is 4.36. The van der Waals surface area contributed by atoms with E-state index in [4.69, 9.17) is 0 Å². The van der Waals surface area contributed by atoms with Crippen molar-refractivity contribution in [2.24, 2.45) is 0 Å². The van der Waals surface area contributed by atoms with Crippen LogP contribution in [0.25, 0.3) is 0 Å². The summed E-state index contributed by atoms with van der Waals surface area (Å²) < 4.78 is 0. The zero-order valence-electron chi connectivity index (χ0n) is 14.1. The summed E-state index contributed by atoms with van der Waals surface area (Å²) in [4.78, 5) is 37.9. The molecule has 0 bridgehead atoms. The SMILES string of the molecule is CC(=O)c1cccc(NC(=O)C2CCC(=O)N2Cc2ccccc2)c1. The van der Waals surface area contributed by atoms with Crippen molar-refractivity contribution < 1.29 is 14.4 Å². The van der Waals surface area contributed by atoms with Crippen LogP contribution in [-0.2, 0) is 16.1 Å². The van der Waals surface area contributed by atoms with Crippen LogP contribution < -0.4 is 5.32 Å². The maximum atomic E-state index is 12.7. The Morgan fingerprint density at radius 2 is 1.88 bits per heavy atom. The van der Waals surface area contributed by atoms with E-state index >= 15 is 0 Å². The fraction of sp³-hybridized carbons (Fsp3) is 0.250. The Kier molecular flexibility index (Phi) is 4.93. The number of hydrogen-bond donors (Lipinski definition) is 1. The number of amides is 2. The second-order valence-corrected chi connectivity index (χ2v) is 6.19. The molecule has 1 heterocycles. The molecule has 1 N–H and O–H groups in total. The Hall–Kier alpha value is -2.95. The zero-order chi connectivity index (χ0) is 17.8. The molecule has 1 aliphatic rings. The standard InChI is InChI=1S/C20H20N2O3/c1-14(23)16-8-5-9-17(12-16)21-20(25)18-10-11-19(24)22(18)13-15-6-3-2-4-7-15/h2-9,12,18H,10-11,13H2,1H3,(H,21,25). The van der Waals surface area contributed by atoms with Gasteiger partial charge in [-0.3, -0.25) is 14.4 Å². The predicted octanol–water partition coefficient (Wildman–Crippen LogP) is 3.02. The minimum Gasteiger partial charge on any atom is -0.326 e. The van der Waals surface area contributed by atoms with Crippen LogP contribution in [-0.4, -0.2) is 28.5 Å². The first-order valence-electron chi connectivity index (χ1n) is 8.30. The van der Waals surface area contributed by atoms with Gasteiger partial charge in [-0.1, -0.05) is 42.5 Å². The smallest absolute Gasteiger partial charge is 0.247 e. The average Bonchev–Trinajstić information content (AvgIpc) is 2.97. The van der Waals surface area contributed by atoms with E-state index in [9.17, 15) is 14.4 Å². The molecule has 2 aromatic rings. The van der Waals surface area contributed by atoms with Gasteiger partial charge in [0.1, 0.15) is 6.04 Å². The summed E-state index contributed by atoms with van der Waals surface area (Å²) in [5.41, 5.74) is 2.10. The van der Waals surface area contributed by atoms with Crippen molar-refractivity contribution in [3.63, 3.8) is 0 Å². The molecule has 1 aliphatic heterocycles. The molecule has 0 aliphatic carbocycles. The van der Waals surface area contributed by atoms with E-state index in [2.05, 4.69) is 5.32 Å². The fourth-order valence-corrected chi connectivity index (χ4v) is 3.03. The molecule has 0 radical (unpaired) electrons. The first-order chi connectivity index (χ1) is 12.0. The van der Waals surface area contributed by atoms with E-state index in [1.165, 1.54) is 6.92 Å². The lowest BCUT2D eigenvalue weighted by atomic mass is 10.1. The number of rotatable bonds is 5. The molecule has 1 fully saturated rings. The molecule has 2 amide bonds. The maximum absolute atomic E-state index is 12.7. The van der Waals surface area contributed by atoms with Gasteiger partial charge in [-0.15, -0.1) is 0 Å². The lowest BCUT2D eigenvalue weighted by Gasteiger charge is -2.24. The lowest BCUT2D eigenvalue weighted by Crippen LogP contribution is -2.41. The Bertz CT molecular complexity index is 802. The molecule has 128 valence electrons. The molecular weight excluding hydrogens is 316 g/mol. The molecule has 0 saturated carbocycles. The summed E-state index contributed by atoms with van der Waals surface area (Å²) >= 11 is 0. The number of carbonyl (C=O) groups excluding carboxylic acids is 3. The average molecular weight is 336 g/mol. The van der Waals surface area contributed by atoms with Crippen LogP contribution >= 0.6 is 0 Å². The Morgan fingerprint density at radius 1 is 1.12 bits per heavy atom. The predicted molar refractivity (Wildman–Crippen MR) is 95.1 cm³/mol. The van der Waals surface area contributed by atoms with Gasteiger partial charge in [0.25, 0.3) is 0 Å². The third-order valence-corrected chi connectivity index (χ3v) is 4.36. The number of anilines is 1. The minimum atomic E-state index is -0.492. The van der Waals surface area contributed by atoms with Gasteiger partial charge in [-0.05, 0) is 31.0 Å². The summed E-state index contributed by atoms with van der Waals surface area (Å²) in [6.07, 6.45) is 0.877. The van der Waals surface area contributed by atoms with E-state index < -0.39 is 6.04 Å². The van der Waals surface area contributed by atoms with Gasteiger partial charge in [-0.25, -0.2) is 0 Å². The Morgan fingerprint density at radius 3 is 2.60 bits per heavy atom. The number of nitrogens with zero attached hydrogens (tertiary/aromatic N) is 1. The van der Waals surface area contributed by atoms with Gasteiger partial charge < -0.3 is 10.2 Å². The van der Waals surface area contributed by atoms with Crippen LogP contribution in [0.3, 0.4) is 0 Å². The van der Waals surface area contributed by atoms with Gasteiger partial charge in [0, 0.05) is 24.2 Å². The second kappa shape index (κ2) is 7.30. The summed E-state index contributed by atoms with van der Waals surface area (Å²) in [6.45, 7) is 1.91. The molecule has 3 rings (SSSR count). The van der Waals surface area contributed by atoms with Crippen LogP contribution in [0.15, 0.2) is 54.6 Å². The van der Waals surface area contributed by atoms with Crippen molar-refractivity contribution in [2.75, 3.05) is 5.32 Å². The number of benzene rings is 2. The van der Waals surface area contributed by atoms with Crippen LogP contribution in [0, 0.1) is 0 Å². The summed E-state index contributed by atoms with van der Waals surface area (Å²) in [5.74, 6) is -0.290. The van der Waals surface area contributed by atoms with Gasteiger partial charge in [0.15, 0.2) is 5.78 Å². The molecule has 2 aromatic carbocycles. The number of Topliss-reactive ketones (excluding diaryl/α,β-unsaturated/α-hetero) is 1. The highest BCUT2D eigenvalue weighted by Crippen LogP contribution is 2.23. The maximum Gasteiger partial charge on any atom is 0.247 e. The van der Waals surface area contributed by atoms with E-state index in [1.54, 1.807) is 29.2 Å². The van der Waals surface area contributed by atoms with Crippen molar-refractivity contribution in [3.05, 3.63) is 65.7 Å². The summed E-state index contributed by atoms with van der Waals surface area (Å²) in [5, 5.41) is 2.83. The normalized spacial score (nSPS) is 16.8. The number of ketones is 1. The molecule has 1 atom stereocenters. The van der Waals surface area contributed by atoms with Gasteiger partial charge in [-0.2, -0.15) is 0 Å². The van der Waals surface area contributed by atoms with E-state index in [0.717, 1.165) is 5.56 Å². The summed E-state index contributed by atoms with van der Waals surface area (Å²) in [7, 11) is 0. The molecule has 0 spiro atoms. The van der Waals surface area contributed by atoms with Crippen molar-refractivity contribution >= 4 is 23.3 Å². The summed E-state index contributed by atoms with van der Waals surface area (Å²) in [6, 6.07) is 16.0. The van der Waals surface area contributed by atoms with Crippen molar-refractivity contribution in [1.29, 1.82) is 0 Å². The number of hydrogen-bond acceptors (Lipinski definition) is 3. The van der Waals surface area contributed by atoms with E-state index in [1.807, 2.05) is 30.3 Å². The van der Waals surface area contributed by atoms with Gasteiger partial charge >= 0.3 is 0 Å². The van der Waals surface area contributed by atoms with E-state index in [0.29, 0.717) is 30.6 Å². The van der Waals surface area contributed by atoms with Gasteiger partial charge in [0.05, 0.1) is 0 Å². The molecule has 0 aromatic heterocycles. The topological polar surface area (TPSA) is 66.5 Å². The number of carbonyl (C=O) groups is 3. The quantitative estimate of drug-likeness (QED) is 0.854. The van der Waals surface area contributed by atoms with Gasteiger partial charge in [0.2, 0.25) is 11.8 Å². The molecular formula is C20H20N2O3. The highest BCUT2D eigenvalue weighted by Gasteiger charge is 2.35. The molecule has 5 heteroatoms. The van der Waals surface area contributed by atoms with Crippen LogP contribution in [0.2, 0.25) is 0 Å². The highest BCUT2D eigenvalue weighted by molar-refractivity contribution is 6.00. The third kappa shape index (κ3) is 3.94. The monoisotopic (exact) mass is 336 g/mol. The largest absolute Gasteiger partial charge is 0.326 e. The Balaban J connectivity index is 1.73. The van der Waals surface area contributed by atoms with Crippen molar-refractivity contribution in [1.82, 2.24) is 4.90 Å². The van der Waals surface area contributed by atoms with Crippen LogP contribution in [0.5, 0.6) is 0 Å². The molecule has 25 heavy (non-hydrogen) atoms.